The molecule has 3 nitrogen and oxygen atoms in total. The van der Waals surface area contributed by atoms with E-state index in [0.29, 0.717) is 12.5 Å². The fraction of sp³-hybridized carbons (Fsp3) is 0.389. The normalized spacial score (nSPS) is 12.4. The van der Waals surface area contributed by atoms with E-state index in [9.17, 15) is 4.79 Å². The van der Waals surface area contributed by atoms with Crippen LogP contribution in [0, 0.1) is 5.92 Å². The Hall–Kier alpha value is -2.03. The van der Waals surface area contributed by atoms with Crippen LogP contribution in [0.25, 0.3) is 10.8 Å². The largest absolute Gasteiger partial charge is 0.497 e. The van der Waals surface area contributed by atoms with Crippen molar-refractivity contribution < 1.29 is 9.53 Å². The SMILES string of the molecule is COc1ccc2cc([C@H](C)C(=O)NCC(C)C)ccc2c1. The molecule has 0 radical (unpaired) electrons. The third kappa shape index (κ3) is 3.75. The molecular weight excluding hydrogens is 262 g/mol. The summed E-state index contributed by atoms with van der Waals surface area (Å²) in [4.78, 5) is 12.2. The third-order valence-corrected chi connectivity index (χ3v) is 3.65. The average Bonchev–Trinajstić information content (AvgIpc) is 2.50. The van der Waals surface area contributed by atoms with Crippen LogP contribution in [0.2, 0.25) is 0 Å². The topological polar surface area (TPSA) is 38.3 Å². The molecule has 112 valence electrons. The molecule has 2 aromatic carbocycles. The molecule has 1 N–H and O–H groups in total. The van der Waals surface area contributed by atoms with Crippen molar-refractivity contribution in [2.75, 3.05) is 13.7 Å². The van der Waals surface area contributed by atoms with Crippen LogP contribution >= 0.6 is 0 Å². The van der Waals surface area contributed by atoms with E-state index in [1.807, 2.05) is 37.3 Å². The standard InChI is InChI=1S/C18H23NO2/c1-12(2)11-19-18(20)13(3)14-5-6-16-10-17(21-4)8-7-15(16)9-14/h5-10,12-13H,11H2,1-4H3,(H,19,20)/t13-/m0/s1. The van der Waals surface area contributed by atoms with Crippen molar-refractivity contribution in [1.29, 1.82) is 0 Å². The summed E-state index contributed by atoms with van der Waals surface area (Å²) in [7, 11) is 1.66. The summed E-state index contributed by atoms with van der Waals surface area (Å²) in [5, 5.41) is 5.23. The molecule has 2 aromatic rings. The molecule has 0 saturated heterocycles. The lowest BCUT2D eigenvalue weighted by Gasteiger charge is -2.14. The Morgan fingerprint density at radius 1 is 1.10 bits per heavy atom. The fourth-order valence-electron chi connectivity index (χ4n) is 2.25. The maximum Gasteiger partial charge on any atom is 0.227 e. The first-order chi connectivity index (χ1) is 10.0. The van der Waals surface area contributed by atoms with E-state index in [1.165, 1.54) is 0 Å². The Morgan fingerprint density at radius 2 is 1.76 bits per heavy atom. The Morgan fingerprint density at radius 3 is 2.43 bits per heavy atom. The van der Waals surface area contributed by atoms with Gasteiger partial charge in [0.1, 0.15) is 5.75 Å². The van der Waals surface area contributed by atoms with Crippen LogP contribution in [-0.2, 0) is 4.79 Å². The van der Waals surface area contributed by atoms with Gasteiger partial charge in [0.2, 0.25) is 5.91 Å². The van der Waals surface area contributed by atoms with E-state index < -0.39 is 0 Å². The lowest BCUT2D eigenvalue weighted by atomic mass is 9.97. The lowest BCUT2D eigenvalue weighted by molar-refractivity contribution is -0.122. The van der Waals surface area contributed by atoms with Gasteiger partial charge in [0.25, 0.3) is 0 Å². The van der Waals surface area contributed by atoms with Gasteiger partial charge in [0, 0.05) is 6.54 Å². The molecule has 1 atom stereocenters. The number of carbonyl (C=O) groups is 1. The van der Waals surface area contributed by atoms with E-state index in [4.69, 9.17) is 4.74 Å². The fourth-order valence-corrected chi connectivity index (χ4v) is 2.25. The average molecular weight is 285 g/mol. The van der Waals surface area contributed by atoms with E-state index in [-0.39, 0.29) is 11.8 Å². The van der Waals surface area contributed by atoms with Crippen LogP contribution in [0.5, 0.6) is 5.75 Å². The zero-order chi connectivity index (χ0) is 15.4. The molecular formula is C18H23NO2. The van der Waals surface area contributed by atoms with E-state index in [0.717, 1.165) is 22.1 Å². The smallest absolute Gasteiger partial charge is 0.227 e. The van der Waals surface area contributed by atoms with Crippen LogP contribution in [0.1, 0.15) is 32.3 Å². The summed E-state index contributed by atoms with van der Waals surface area (Å²) in [6, 6.07) is 12.1. The highest BCUT2D eigenvalue weighted by molar-refractivity contribution is 5.88. The molecule has 0 aliphatic heterocycles. The van der Waals surface area contributed by atoms with Crippen LogP contribution < -0.4 is 10.1 Å². The Bertz CT molecular complexity index is 634. The Balaban J connectivity index is 2.20. The number of nitrogens with one attached hydrogen (secondary N) is 1. The number of methoxy groups -OCH3 is 1. The molecule has 0 unspecified atom stereocenters. The van der Waals surface area contributed by atoms with Crippen LogP contribution in [0.15, 0.2) is 36.4 Å². The van der Waals surface area contributed by atoms with Gasteiger partial charge in [0.15, 0.2) is 0 Å². The molecule has 0 saturated carbocycles. The minimum Gasteiger partial charge on any atom is -0.497 e. The van der Waals surface area contributed by atoms with E-state index in [2.05, 4.69) is 25.2 Å². The van der Waals surface area contributed by atoms with Crippen LogP contribution in [-0.4, -0.2) is 19.6 Å². The minimum absolute atomic E-state index is 0.0801. The summed E-state index contributed by atoms with van der Waals surface area (Å²) in [5.74, 6) is 1.25. The minimum atomic E-state index is -0.143. The molecule has 0 spiro atoms. The second-order valence-electron chi connectivity index (χ2n) is 5.83. The molecule has 0 aliphatic carbocycles. The Kier molecular flexibility index (Phi) is 4.84. The van der Waals surface area contributed by atoms with Crippen molar-refractivity contribution in [2.24, 2.45) is 5.92 Å². The van der Waals surface area contributed by atoms with Crippen molar-refractivity contribution in [3.63, 3.8) is 0 Å². The molecule has 0 heterocycles. The zero-order valence-corrected chi connectivity index (χ0v) is 13.1. The number of carbonyl (C=O) groups excluding carboxylic acids is 1. The first-order valence-electron chi connectivity index (χ1n) is 7.36. The second kappa shape index (κ2) is 6.61. The van der Waals surface area contributed by atoms with Crippen LogP contribution in [0.3, 0.4) is 0 Å². The van der Waals surface area contributed by atoms with E-state index >= 15 is 0 Å². The van der Waals surface area contributed by atoms with Gasteiger partial charge in [-0.05, 0) is 41.3 Å². The van der Waals surface area contributed by atoms with Crippen molar-refractivity contribution in [2.45, 2.75) is 26.7 Å². The van der Waals surface area contributed by atoms with Gasteiger partial charge in [-0.3, -0.25) is 4.79 Å². The Labute approximate surface area is 126 Å². The lowest BCUT2D eigenvalue weighted by Crippen LogP contribution is -2.31. The number of hydrogen-bond acceptors (Lipinski definition) is 2. The first-order valence-corrected chi connectivity index (χ1v) is 7.36. The van der Waals surface area contributed by atoms with Gasteiger partial charge in [0.05, 0.1) is 13.0 Å². The first kappa shape index (κ1) is 15.4. The molecule has 21 heavy (non-hydrogen) atoms. The van der Waals surface area contributed by atoms with Gasteiger partial charge in [-0.25, -0.2) is 0 Å². The number of rotatable bonds is 5. The highest BCUT2D eigenvalue weighted by Crippen LogP contribution is 2.25. The maximum absolute atomic E-state index is 12.2. The van der Waals surface area contributed by atoms with Gasteiger partial charge >= 0.3 is 0 Å². The second-order valence-corrected chi connectivity index (χ2v) is 5.83. The van der Waals surface area contributed by atoms with Crippen molar-refractivity contribution >= 4 is 16.7 Å². The summed E-state index contributed by atoms with van der Waals surface area (Å²) in [6.07, 6.45) is 0. The molecule has 0 aromatic heterocycles. The number of fused-ring (bicyclic) bond motifs is 1. The van der Waals surface area contributed by atoms with E-state index in [1.54, 1.807) is 7.11 Å². The van der Waals surface area contributed by atoms with Gasteiger partial charge in [-0.2, -0.15) is 0 Å². The number of amides is 1. The summed E-state index contributed by atoms with van der Waals surface area (Å²) in [5.41, 5.74) is 1.04. The monoisotopic (exact) mass is 285 g/mol. The van der Waals surface area contributed by atoms with Gasteiger partial charge < -0.3 is 10.1 Å². The maximum atomic E-state index is 12.2. The molecule has 0 bridgehead atoms. The van der Waals surface area contributed by atoms with Gasteiger partial charge in [-0.1, -0.05) is 38.1 Å². The third-order valence-electron chi connectivity index (χ3n) is 3.65. The molecule has 2 rings (SSSR count). The zero-order valence-electron chi connectivity index (χ0n) is 13.1. The molecule has 3 heteroatoms. The van der Waals surface area contributed by atoms with Crippen LogP contribution in [0.4, 0.5) is 0 Å². The quantitative estimate of drug-likeness (QED) is 0.909. The number of benzene rings is 2. The predicted molar refractivity (Wildman–Crippen MR) is 86.8 cm³/mol. The van der Waals surface area contributed by atoms with Crippen molar-refractivity contribution in [3.8, 4) is 5.75 Å². The molecule has 0 fully saturated rings. The number of ether oxygens (including phenoxy) is 1. The molecule has 0 aliphatic rings. The summed E-state index contributed by atoms with van der Waals surface area (Å²) in [6.45, 7) is 6.84. The van der Waals surface area contributed by atoms with Crippen molar-refractivity contribution in [1.82, 2.24) is 5.32 Å². The van der Waals surface area contributed by atoms with Gasteiger partial charge in [-0.15, -0.1) is 0 Å². The highest BCUT2D eigenvalue weighted by atomic mass is 16.5. The predicted octanol–water partition coefficient (Wildman–Crippen LogP) is 3.72. The highest BCUT2D eigenvalue weighted by Gasteiger charge is 2.15. The summed E-state index contributed by atoms with van der Waals surface area (Å²) >= 11 is 0. The number of hydrogen-bond donors (Lipinski definition) is 1. The molecule has 1 amide bonds. The summed E-state index contributed by atoms with van der Waals surface area (Å²) < 4.78 is 5.23. The van der Waals surface area contributed by atoms with Crippen molar-refractivity contribution in [3.05, 3.63) is 42.0 Å².